The normalized spacial score (nSPS) is 19.8. The van der Waals surface area contributed by atoms with Gasteiger partial charge in [0.15, 0.2) is 0 Å². The maximum atomic E-state index is 13.7. The fraction of sp³-hybridized carbons (Fsp3) is 0.478. The number of carbonyl (C=O) groups is 4. The van der Waals surface area contributed by atoms with Crippen LogP contribution in [-0.2, 0) is 14.4 Å². The number of nitrogens with one attached hydrogen (secondary N) is 4. The number of aromatic amines is 1. The first-order valence-electron chi connectivity index (χ1n) is 11.4. The zero-order valence-corrected chi connectivity index (χ0v) is 19.2. The lowest BCUT2D eigenvalue weighted by Crippen LogP contribution is -2.54. The summed E-state index contributed by atoms with van der Waals surface area (Å²) in [5, 5.41) is 8.52. The molecule has 1 aromatic carbocycles. The summed E-state index contributed by atoms with van der Waals surface area (Å²) in [5.41, 5.74) is 5.92. The van der Waals surface area contributed by atoms with E-state index in [-0.39, 0.29) is 28.6 Å². The number of H-pyrrole nitrogens is 1. The number of piperidine rings is 1. The SMILES string of the molecule is NC(=O)[C@H](C[C@@H]1CCCNC1=O)NC(=O)[C@H](CC1CC1)NC(=O)c1cc2ccc(F)c(Cl)c2[nH]1. The fourth-order valence-corrected chi connectivity index (χ4v) is 4.50. The molecule has 1 saturated carbocycles. The first-order chi connectivity index (χ1) is 16.2. The van der Waals surface area contributed by atoms with Crippen LogP contribution in [0.5, 0.6) is 0 Å². The molecule has 9 nitrogen and oxygen atoms in total. The van der Waals surface area contributed by atoms with Crippen molar-refractivity contribution in [1.29, 1.82) is 0 Å². The second-order valence-corrected chi connectivity index (χ2v) is 9.42. The average molecular weight is 492 g/mol. The zero-order valence-electron chi connectivity index (χ0n) is 18.5. The first kappa shape index (κ1) is 24.0. The van der Waals surface area contributed by atoms with Gasteiger partial charge in [0.05, 0.1) is 5.52 Å². The lowest BCUT2D eigenvalue weighted by molar-refractivity contribution is -0.131. The van der Waals surface area contributed by atoms with Gasteiger partial charge in [-0.3, -0.25) is 19.2 Å². The van der Waals surface area contributed by atoms with Crippen molar-refractivity contribution in [3.05, 3.63) is 34.7 Å². The summed E-state index contributed by atoms with van der Waals surface area (Å²) in [5.74, 6) is -2.74. The lowest BCUT2D eigenvalue weighted by atomic mass is 9.91. The van der Waals surface area contributed by atoms with Gasteiger partial charge < -0.3 is 26.7 Å². The standard InChI is InChI=1S/C23H27ClFN5O4/c24-18-14(25)6-5-12-9-17(28-19(12)18)23(34)30-16(8-11-3-4-11)22(33)29-15(20(26)31)10-13-2-1-7-27-21(13)32/h5-6,9,11,13,15-16,28H,1-4,7-8,10H2,(H2,26,31)(H,27,32)(H,29,33)(H,30,34)/t13-,15-,16-/m0/s1. The Labute approximate surface area is 200 Å². The monoisotopic (exact) mass is 491 g/mol. The highest BCUT2D eigenvalue weighted by molar-refractivity contribution is 6.35. The van der Waals surface area contributed by atoms with E-state index < -0.39 is 41.5 Å². The van der Waals surface area contributed by atoms with Gasteiger partial charge in [-0.25, -0.2) is 4.39 Å². The van der Waals surface area contributed by atoms with E-state index in [0.717, 1.165) is 19.3 Å². The number of halogens is 2. The quantitative estimate of drug-likeness (QED) is 0.363. The molecule has 1 aliphatic carbocycles. The topological polar surface area (TPSA) is 146 Å². The van der Waals surface area contributed by atoms with E-state index in [9.17, 15) is 23.6 Å². The Balaban J connectivity index is 1.46. The van der Waals surface area contributed by atoms with Crippen LogP contribution in [0, 0.1) is 17.7 Å². The van der Waals surface area contributed by atoms with Gasteiger partial charge in [0.1, 0.15) is 28.6 Å². The molecule has 1 saturated heterocycles. The van der Waals surface area contributed by atoms with Gasteiger partial charge in [0.2, 0.25) is 17.7 Å². The van der Waals surface area contributed by atoms with E-state index in [2.05, 4.69) is 20.9 Å². The Morgan fingerprint density at radius 3 is 2.59 bits per heavy atom. The van der Waals surface area contributed by atoms with Crippen molar-refractivity contribution in [1.82, 2.24) is 20.9 Å². The second-order valence-electron chi connectivity index (χ2n) is 9.04. The third-order valence-corrected chi connectivity index (χ3v) is 6.77. The van der Waals surface area contributed by atoms with E-state index in [4.69, 9.17) is 17.3 Å². The largest absolute Gasteiger partial charge is 0.368 e. The van der Waals surface area contributed by atoms with Gasteiger partial charge in [-0.05, 0) is 49.8 Å². The Hall–Kier alpha value is -3.14. The molecule has 34 heavy (non-hydrogen) atoms. The minimum absolute atomic E-state index is 0.100. The summed E-state index contributed by atoms with van der Waals surface area (Å²) in [6, 6.07) is 2.29. The molecular formula is C23H27ClFN5O4. The highest BCUT2D eigenvalue weighted by Crippen LogP contribution is 2.34. The molecule has 1 aromatic heterocycles. The molecule has 0 bridgehead atoms. The molecule has 0 spiro atoms. The van der Waals surface area contributed by atoms with Crippen LogP contribution in [0.4, 0.5) is 4.39 Å². The molecule has 2 heterocycles. The third kappa shape index (κ3) is 5.49. The summed E-state index contributed by atoms with van der Waals surface area (Å²) < 4.78 is 13.7. The Morgan fingerprint density at radius 1 is 1.15 bits per heavy atom. The zero-order chi connectivity index (χ0) is 24.4. The van der Waals surface area contributed by atoms with E-state index in [1.165, 1.54) is 18.2 Å². The molecule has 11 heteroatoms. The Morgan fingerprint density at radius 2 is 1.91 bits per heavy atom. The number of hydrogen-bond acceptors (Lipinski definition) is 4. The first-order valence-corrected chi connectivity index (χ1v) is 11.8. The summed E-state index contributed by atoms with van der Waals surface area (Å²) in [7, 11) is 0. The molecule has 182 valence electrons. The molecule has 1 aliphatic heterocycles. The number of amides is 4. The summed E-state index contributed by atoms with van der Waals surface area (Å²) in [6.07, 6.45) is 3.79. The van der Waals surface area contributed by atoms with Crippen molar-refractivity contribution >= 4 is 46.1 Å². The lowest BCUT2D eigenvalue weighted by Gasteiger charge is -2.27. The van der Waals surface area contributed by atoms with Crippen molar-refractivity contribution in [3.63, 3.8) is 0 Å². The minimum atomic E-state index is -1.03. The van der Waals surface area contributed by atoms with Gasteiger partial charge in [0, 0.05) is 17.8 Å². The molecule has 2 aliphatic rings. The molecule has 2 aromatic rings. The Kier molecular flexibility index (Phi) is 7.06. The van der Waals surface area contributed by atoms with Crippen LogP contribution in [0.25, 0.3) is 10.9 Å². The highest BCUT2D eigenvalue weighted by atomic mass is 35.5. The number of primary amides is 1. The predicted octanol–water partition coefficient (Wildman–Crippen LogP) is 1.75. The smallest absolute Gasteiger partial charge is 0.268 e. The molecule has 0 radical (unpaired) electrons. The van der Waals surface area contributed by atoms with Crippen LogP contribution in [0.1, 0.15) is 49.0 Å². The molecule has 0 unspecified atom stereocenters. The molecule has 4 amide bonds. The van der Waals surface area contributed by atoms with Gasteiger partial charge >= 0.3 is 0 Å². The molecule has 2 fully saturated rings. The van der Waals surface area contributed by atoms with Crippen LogP contribution in [-0.4, -0.2) is 47.2 Å². The van der Waals surface area contributed by atoms with Crippen LogP contribution >= 0.6 is 11.6 Å². The van der Waals surface area contributed by atoms with E-state index in [1.807, 2.05) is 0 Å². The second kappa shape index (κ2) is 10.0. The average Bonchev–Trinajstić information content (AvgIpc) is 3.51. The van der Waals surface area contributed by atoms with Crippen LogP contribution in [0.2, 0.25) is 5.02 Å². The van der Waals surface area contributed by atoms with Crippen LogP contribution < -0.4 is 21.7 Å². The van der Waals surface area contributed by atoms with Crippen molar-refractivity contribution in [2.24, 2.45) is 17.6 Å². The summed E-state index contributed by atoms with van der Waals surface area (Å²) in [4.78, 5) is 52.9. The third-order valence-electron chi connectivity index (χ3n) is 6.40. The van der Waals surface area contributed by atoms with Gasteiger partial charge in [-0.2, -0.15) is 0 Å². The number of nitrogens with two attached hydrogens (primary N) is 1. The highest BCUT2D eigenvalue weighted by Gasteiger charge is 2.34. The maximum Gasteiger partial charge on any atom is 0.268 e. The van der Waals surface area contributed by atoms with Crippen molar-refractivity contribution in [3.8, 4) is 0 Å². The maximum absolute atomic E-state index is 13.7. The summed E-state index contributed by atoms with van der Waals surface area (Å²) >= 11 is 5.98. The van der Waals surface area contributed by atoms with Crippen molar-refractivity contribution in [2.75, 3.05) is 6.54 Å². The minimum Gasteiger partial charge on any atom is -0.368 e. The van der Waals surface area contributed by atoms with Crippen LogP contribution in [0.15, 0.2) is 18.2 Å². The number of hydrogen-bond donors (Lipinski definition) is 5. The van der Waals surface area contributed by atoms with E-state index in [1.54, 1.807) is 0 Å². The number of fused-ring (bicyclic) bond motifs is 1. The number of carbonyl (C=O) groups excluding carboxylic acids is 4. The van der Waals surface area contributed by atoms with Crippen molar-refractivity contribution < 1.29 is 23.6 Å². The fourth-order valence-electron chi connectivity index (χ4n) is 4.28. The number of aromatic nitrogens is 1. The number of rotatable bonds is 9. The molecule has 6 N–H and O–H groups in total. The molecule has 3 atom stereocenters. The number of benzene rings is 1. The van der Waals surface area contributed by atoms with Gasteiger partial charge in [-0.1, -0.05) is 24.4 Å². The van der Waals surface area contributed by atoms with E-state index in [0.29, 0.717) is 30.7 Å². The van der Waals surface area contributed by atoms with Crippen LogP contribution in [0.3, 0.4) is 0 Å². The predicted molar refractivity (Wildman–Crippen MR) is 123 cm³/mol. The van der Waals surface area contributed by atoms with Crippen molar-refractivity contribution in [2.45, 2.75) is 50.6 Å². The van der Waals surface area contributed by atoms with Gasteiger partial charge in [-0.15, -0.1) is 0 Å². The molecule has 4 rings (SSSR count). The Bertz CT molecular complexity index is 1130. The summed E-state index contributed by atoms with van der Waals surface area (Å²) in [6.45, 7) is 0.587. The van der Waals surface area contributed by atoms with Gasteiger partial charge in [0.25, 0.3) is 5.91 Å². The van der Waals surface area contributed by atoms with E-state index >= 15 is 0 Å². The molecular weight excluding hydrogens is 465 g/mol.